The maximum absolute atomic E-state index is 2.26. The Morgan fingerprint density at radius 2 is 0.783 bits per heavy atom. The number of benzene rings is 2. The van der Waals surface area contributed by atoms with Crippen molar-refractivity contribution in [2.75, 3.05) is 0 Å². The van der Waals surface area contributed by atoms with Crippen LogP contribution in [0.25, 0.3) is 0 Å². The summed E-state index contributed by atoms with van der Waals surface area (Å²) in [6, 6.07) is 21.8. The van der Waals surface area contributed by atoms with Gasteiger partial charge in [-0.25, -0.2) is 0 Å². The summed E-state index contributed by atoms with van der Waals surface area (Å²) in [4.78, 5) is 0. The van der Waals surface area contributed by atoms with Crippen LogP contribution in [0.15, 0.2) is 60.7 Å². The van der Waals surface area contributed by atoms with Gasteiger partial charge in [-0.1, -0.05) is 86.3 Å². The van der Waals surface area contributed by atoms with Gasteiger partial charge in [0.05, 0.1) is 0 Å². The molecule has 2 aliphatic carbocycles. The van der Waals surface area contributed by atoms with Gasteiger partial charge >= 0.3 is 0 Å². The van der Waals surface area contributed by atoms with Crippen molar-refractivity contribution < 1.29 is 17.1 Å². The molecule has 2 fully saturated rings. The summed E-state index contributed by atoms with van der Waals surface area (Å²) in [7, 11) is 0. The Morgan fingerprint density at radius 1 is 0.478 bits per heavy atom. The molecule has 0 N–H and O–H groups in total. The van der Waals surface area contributed by atoms with Crippen LogP contribution >= 0.6 is 0 Å². The third-order valence-electron chi connectivity index (χ3n) is 5.25. The first-order valence-corrected chi connectivity index (χ1v) is 9.03. The maximum Gasteiger partial charge on any atom is 0 e. The first-order valence-electron chi connectivity index (χ1n) is 9.03. The zero-order valence-corrected chi connectivity index (χ0v) is 15.0. The van der Waals surface area contributed by atoms with Crippen molar-refractivity contribution in [3.05, 3.63) is 71.8 Å². The topological polar surface area (TPSA) is 0 Å². The third-order valence-corrected chi connectivity index (χ3v) is 5.25. The molecule has 0 aromatic heterocycles. The molecule has 23 heavy (non-hydrogen) atoms. The Kier molecular flexibility index (Phi) is 7.92. The number of hydrogen-bond acceptors (Lipinski definition) is 0. The quantitative estimate of drug-likeness (QED) is 0.531. The van der Waals surface area contributed by atoms with E-state index in [-0.39, 0.29) is 17.1 Å². The fourth-order valence-electron chi connectivity index (χ4n) is 3.97. The SMILES string of the molecule is [Fe].c1ccc(C2CCCC2)cc1.c1ccc(C2CCCC2)cc1. The second kappa shape index (κ2) is 9.96. The maximum atomic E-state index is 2.26. The van der Waals surface area contributed by atoms with Crippen LogP contribution in [0.4, 0.5) is 0 Å². The monoisotopic (exact) mass is 348 g/mol. The smallest absolute Gasteiger partial charge is 0 e. The van der Waals surface area contributed by atoms with Crippen LogP contribution in [-0.2, 0) is 17.1 Å². The first kappa shape index (κ1) is 18.3. The van der Waals surface area contributed by atoms with Crippen LogP contribution in [0.5, 0.6) is 0 Å². The van der Waals surface area contributed by atoms with Gasteiger partial charge in [-0.3, -0.25) is 0 Å². The minimum Gasteiger partial charge on any atom is -0.0622 e. The molecule has 1 heteroatoms. The molecule has 2 aromatic rings. The summed E-state index contributed by atoms with van der Waals surface area (Å²) in [6.07, 6.45) is 11.3. The largest absolute Gasteiger partial charge is 0.0622 e. The van der Waals surface area contributed by atoms with Crippen molar-refractivity contribution in [2.24, 2.45) is 0 Å². The zero-order chi connectivity index (χ0) is 15.0. The fourth-order valence-corrected chi connectivity index (χ4v) is 3.97. The first-order chi connectivity index (χ1) is 10.9. The summed E-state index contributed by atoms with van der Waals surface area (Å²) in [6.45, 7) is 0. The molecule has 0 amide bonds. The standard InChI is InChI=1S/2C11H14.Fe/c2*1-2-6-10(7-3-1)11-8-4-5-9-11;/h2*1-3,6-7,11H,4-5,8-9H2;. The van der Waals surface area contributed by atoms with Crippen molar-refractivity contribution >= 4 is 0 Å². The van der Waals surface area contributed by atoms with E-state index >= 15 is 0 Å². The summed E-state index contributed by atoms with van der Waals surface area (Å²) >= 11 is 0. The van der Waals surface area contributed by atoms with Crippen LogP contribution in [-0.4, -0.2) is 0 Å². The van der Waals surface area contributed by atoms with Gasteiger partial charge in [-0.2, -0.15) is 0 Å². The normalized spacial score (nSPS) is 18.1. The van der Waals surface area contributed by atoms with Crippen LogP contribution in [0.3, 0.4) is 0 Å². The van der Waals surface area contributed by atoms with E-state index in [9.17, 15) is 0 Å². The molecule has 0 radical (unpaired) electrons. The summed E-state index contributed by atoms with van der Waals surface area (Å²) in [5, 5.41) is 0. The van der Waals surface area contributed by atoms with Gasteiger partial charge in [0.25, 0.3) is 0 Å². The average molecular weight is 348 g/mol. The van der Waals surface area contributed by atoms with E-state index in [1.54, 1.807) is 11.1 Å². The molecule has 0 atom stereocenters. The summed E-state index contributed by atoms with van der Waals surface area (Å²) in [5.41, 5.74) is 3.09. The minimum atomic E-state index is 0. The predicted octanol–water partition coefficient (Wildman–Crippen LogP) is 6.69. The molecular weight excluding hydrogens is 320 g/mol. The Bertz CT molecular complexity index is 471. The molecule has 0 spiro atoms. The molecule has 4 rings (SSSR count). The second-order valence-electron chi connectivity index (χ2n) is 6.78. The second-order valence-corrected chi connectivity index (χ2v) is 6.78. The molecule has 0 unspecified atom stereocenters. The molecule has 0 nitrogen and oxygen atoms in total. The van der Waals surface area contributed by atoms with Crippen LogP contribution in [0.1, 0.15) is 74.3 Å². The van der Waals surface area contributed by atoms with E-state index in [4.69, 9.17) is 0 Å². The molecule has 0 bridgehead atoms. The Hall–Kier alpha value is -1.04. The predicted molar refractivity (Wildman–Crippen MR) is 95.3 cm³/mol. The van der Waals surface area contributed by atoms with Gasteiger partial charge in [0.1, 0.15) is 0 Å². The van der Waals surface area contributed by atoms with E-state index in [2.05, 4.69) is 60.7 Å². The molecule has 0 heterocycles. The molecule has 0 saturated heterocycles. The Balaban J connectivity index is 0.000000160. The molecule has 0 aliphatic heterocycles. The van der Waals surface area contributed by atoms with Crippen molar-refractivity contribution in [2.45, 2.75) is 63.2 Å². The van der Waals surface area contributed by atoms with E-state index in [1.807, 2.05) is 0 Å². The molecule has 124 valence electrons. The molecule has 2 saturated carbocycles. The van der Waals surface area contributed by atoms with Crippen molar-refractivity contribution in [3.8, 4) is 0 Å². The average Bonchev–Trinajstić information content (AvgIpc) is 3.31. The van der Waals surface area contributed by atoms with E-state index in [1.165, 1.54) is 51.4 Å². The van der Waals surface area contributed by atoms with Crippen LogP contribution < -0.4 is 0 Å². The fraction of sp³-hybridized carbons (Fsp3) is 0.455. The van der Waals surface area contributed by atoms with Crippen molar-refractivity contribution in [3.63, 3.8) is 0 Å². The van der Waals surface area contributed by atoms with E-state index < -0.39 is 0 Å². The molecule has 2 aromatic carbocycles. The van der Waals surface area contributed by atoms with Gasteiger partial charge in [-0.15, -0.1) is 0 Å². The summed E-state index contributed by atoms with van der Waals surface area (Å²) < 4.78 is 0. The zero-order valence-electron chi connectivity index (χ0n) is 13.9. The van der Waals surface area contributed by atoms with E-state index in [0.29, 0.717) is 0 Å². The van der Waals surface area contributed by atoms with Gasteiger partial charge in [0.2, 0.25) is 0 Å². The van der Waals surface area contributed by atoms with Crippen LogP contribution in [0.2, 0.25) is 0 Å². The van der Waals surface area contributed by atoms with Crippen LogP contribution in [0, 0.1) is 0 Å². The third kappa shape index (κ3) is 5.52. The minimum absolute atomic E-state index is 0. The van der Waals surface area contributed by atoms with Gasteiger partial charge < -0.3 is 0 Å². The van der Waals surface area contributed by atoms with Gasteiger partial charge in [0.15, 0.2) is 0 Å². The number of hydrogen-bond donors (Lipinski definition) is 0. The van der Waals surface area contributed by atoms with Crippen molar-refractivity contribution in [1.82, 2.24) is 0 Å². The van der Waals surface area contributed by atoms with Gasteiger partial charge in [-0.05, 0) is 48.6 Å². The number of rotatable bonds is 2. The Morgan fingerprint density at radius 3 is 1.09 bits per heavy atom. The summed E-state index contributed by atoms with van der Waals surface area (Å²) in [5.74, 6) is 1.74. The van der Waals surface area contributed by atoms with Crippen molar-refractivity contribution in [1.29, 1.82) is 0 Å². The van der Waals surface area contributed by atoms with Gasteiger partial charge in [0, 0.05) is 17.1 Å². The van der Waals surface area contributed by atoms with E-state index in [0.717, 1.165) is 11.8 Å². The molecule has 2 aliphatic rings. The molecular formula is C22H28Fe. The Labute approximate surface area is 152 Å².